The Kier molecular flexibility index (Phi) is 5.15. The number of rotatable bonds is 4. The molecule has 1 atom stereocenters. The van der Waals surface area contributed by atoms with E-state index in [1.807, 2.05) is 24.5 Å². The second-order valence-corrected chi connectivity index (χ2v) is 6.86. The predicted molar refractivity (Wildman–Crippen MR) is 103 cm³/mol. The topological polar surface area (TPSA) is 57.6 Å². The van der Waals surface area contributed by atoms with Crippen molar-refractivity contribution in [1.29, 1.82) is 0 Å². The van der Waals surface area contributed by atoms with Gasteiger partial charge in [-0.2, -0.15) is 4.98 Å². The van der Waals surface area contributed by atoms with Crippen LogP contribution in [0.3, 0.4) is 0 Å². The van der Waals surface area contributed by atoms with E-state index in [2.05, 4.69) is 43.8 Å². The number of anilines is 3. The number of piperidine rings is 1. The molecule has 26 heavy (non-hydrogen) atoms. The van der Waals surface area contributed by atoms with Crippen molar-refractivity contribution in [2.75, 3.05) is 61.1 Å². The molecule has 2 aliphatic rings. The van der Waals surface area contributed by atoms with Gasteiger partial charge in [-0.25, -0.2) is 9.97 Å². The van der Waals surface area contributed by atoms with Gasteiger partial charge in [-0.3, -0.25) is 0 Å². The van der Waals surface area contributed by atoms with Gasteiger partial charge in [0.05, 0.1) is 13.2 Å². The molecule has 0 bridgehead atoms. The summed E-state index contributed by atoms with van der Waals surface area (Å²) in [6.07, 6.45) is 6.05. The van der Waals surface area contributed by atoms with E-state index in [1.54, 1.807) is 0 Å². The van der Waals surface area contributed by atoms with Crippen LogP contribution in [0.1, 0.15) is 12.8 Å². The molecule has 4 rings (SSSR count). The minimum absolute atomic E-state index is 0.415. The highest BCUT2D eigenvalue weighted by molar-refractivity contribution is 5.46. The zero-order valence-electron chi connectivity index (χ0n) is 15.3. The van der Waals surface area contributed by atoms with Gasteiger partial charge in [-0.1, -0.05) is 6.07 Å². The number of nitrogens with zero attached hydrogens (tertiary/aromatic N) is 6. The third-order valence-electron chi connectivity index (χ3n) is 5.20. The van der Waals surface area contributed by atoms with Crippen LogP contribution in [-0.4, -0.2) is 67.4 Å². The lowest BCUT2D eigenvalue weighted by molar-refractivity contribution is 0.122. The summed E-state index contributed by atoms with van der Waals surface area (Å²) < 4.78 is 5.43. The predicted octanol–water partition coefficient (Wildman–Crippen LogP) is 1.81. The number of hydrogen-bond acceptors (Lipinski definition) is 7. The molecule has 4 heterocycles. The van der Waals surface area contributed by atoms with Gasteiger partial charge in [0.25, 0.3) is 0 Å². The number of likely N-dealkylation sites (N-methyl/N-ethyl adjacent to an activating group) is 1. The molecule has 2 aromatic heterocycles. The van der Waals surface area contributed by atoms with E-state index in [0.29, 0.717) is 6.04 Å². The van der Waals surface area contributed by atoms with Crippen molar-refractivity contribution in [2.24, 2.45) is 0 Å². The van der Waals surface area contributed by atoms with E-state index in [-0.39, 0.29) is 0 Å². The first-order valence-corrected chi connectivity index (χ1v) is 9.36. The van der Waals surface area contributed by atoms with E-state index in [1.165, 1.54) is 0 Å². The van der Waals surface area contributed by atoms with Crippen molar-refractivity contribution in [3.63, 3.8) is 0 Å². The molecule has 7 heteroatoms. The minimum Gasteiger partial charge on any atom is -0.378 e. The maximum absolute atomic E-state index is 5.43. The third kappa shape index (κ3) is 3.72. The highest BCUT2D eigenvalue weighted by Gasteiger charge is 2.25. The Morgan fingerprint density at radius 1 is 1.04 bits per heavy atom. The Hall–Kier alpha value is -2.41. The normalized spacial score (nSPS) is 20.9. The smallest absolute Gasteiger partial charge is 0.227 e. The maximum Gasteiger partial charge on any atom is 0.227 e. The summed E-state index contributed by atoms with van der Waals surface area (Å²) in [5.41, 5.74) is 0. The van der Waals surface area contributed by atoms with Crippen molar-refractivity contribution >= 4 is 17.6 Å². The first kappa shape index (κ1) is 17.0. The average Bonchev–Trinajstić information content (AvgIpc) is 2.75. The molecular formula is C19H26N6O. The second kappa shape index (κ2) is 7.86. The van der Waals surface area contributed by atoms with E-state index < -0.39 is 0 Å². The molecule has 138 valence electrons. The number of hydrogen-bond donors (Lipinski definition) is 0. The largest absolute Gasteiger partial charge is 0.378 e. The molecular weight excluding hydrogens is 328 g/mol. The molecule has 2 fully saturated rings. The van der Waals surface area contributed by atoms with Crippen LogP contribution in [0.15, 0.2) is 36.7 Å². The van der Waals surface area contributed by atoms with Crippen LogP contribution >= 0.6 is 0 Å². The fourth-order valence-corrected chi connectivity index (χ4v) is 3.66. The zero-order chi connectivity index (χ0) is 17.8. The molecule has 0 spiro atoms. The van der Waals surface area contributed by atoms with Crippen LogP contribution in [-0.2, 0) is 4.74 Å². The van der Waals surface area contributed by atoms with Crippen molar-refractivity contribution < 1.29 is 4.74 Å². The molecule has 2 aliphatic heterocycles. The first-order chi connectivity index (χ1) is 12.8. The quantitative estimate of drug-likeness (QED) is 0.830. The Morgan fingerprint density at radius 3 is 2.73 bits per heavy atom. The molecule has 0 aliphatic carbocycles. The summed E-state index contributed by atoms with van der Waals surface area (Å²) in [5, 5.41) is 0. The summed E-state index contributed by atoms with van der Waals surface area (Å²) >= 11 is 0. The van der Waals surface area contributed by atoms with Gasteiger partial charge in [0.2, 0.25) is 5.95 Å². The standard InChI is InChI=1S/C19H26N6O/c1-23(16-5-4-10-25(15-16)17-6-2-3-8-20-17)18-7-9-21-19(22-18)24-11-13-26-14-12-24/h2-3,6-9,16H,4-5,10-15H2,1H3. The van der Waals surface area contributed by atoms with Crippen LogP contribution < -0.4 is 14.7 Å². The lowest BCUT2D eigenvalue weighted by Gasteiger charge is -2.39. The van der Waals surface area contributed by atoms with E-state index in [0.717, 1.165) is 69.8 Å². The maximum atomic E-state index is 5.43. The number of ether oxygens (including phenoxy) is 1. The highest BCUT2D eigenvalue weighted by atomic mass is 16.5. The summed E-state index contributed by atoms with van der Waals surface area (Å²) in [5.74, 6) is 2.84. The van der Waals surface area contributed by atoms with Gasteiger partial charge in [-0.05, 0) is 31.0 Å². The van der Waals surface area contributed by atoms with Crippen molar-refractivity contribution in [1.82, 2.24) is 15.0 Å². The van der Waals surface area contributed by atoms with Gasteiger partial charge >= 0.3 is 0 Å². The van der Waals surface area contributed by atoms with Crippen molar-refractivity contribution in [3.05, 3.63) is 36.7 Å². The lowest BCUT2D eigenvalue weighted by Crippen LogP contribution is -2.47. The van der Waals surface area contributed by atoms with E-state index in [4.69, 9.17) is 9.72 Å². The summed E-state index contributed by atoms with van der Waals surface area (Å²) in [7, 11) is 2.14. The zero-order valence-corrected chi connectivity index (χ0v) is 15.3. The fourth-order valence-electron chi connectivity index (χ4n) is 3.66. The fraction of sp³-hybridized carbons (Fsp3) is 0.526. The Bertz CT molecular complexity index is 706. The molecule has 0 amide bonds. The van der Waals surface area contributed by atoms with Crippen LogP contribution in [0.5, 0.6) is 0 Å². The highest BCUT2D eigenvalue weighted by Crippen LogP contribution is 2.24. The molecule has 0 radical (unpaired) electrons. The second-order valence-electron chi connectivity index (χ2n) is 6.86. The van der Waals surface area contributed by atoms with Gasteiger partial charge in [-0.15, -0.1) is 0 Å². The molecule has 7 nitrogen and oxygen atoms in total. The number of aromatic nitrogens is 3. The average molecular weight is 354 g/mol. The minimum atomic E-state index is 0.415. The molecule has 2 aromatic rings. The number of morpholine rings is 1. The molecule has 1 unspecified atom stereocenters. The molecule has 0 N–H and O–H groups in total. The third-order valence-corrected chi connectivity index (χ3v) is 5.20. The first-order valence-electron chi connectivity index (χ1n) is 9.36. The van der Waals surface area contributed by atoms with Gasteiger partial charge in [0.15, 0.2) is 0 Å². The van der Waals surface area contributed by atoms with Crippen LogP contribution in [0.4, 0.5) is 17.6 Å². The number of pyridine rings is 1. The van der Waals surface area contributed by atoms with Crippen LogP contribution in [0.2, 0.25) is 0 Å². The van der Waals surface area contributed by atoms with Gasteiger partial charge < -0.3 is 19.4 Å². The SMILES string of the molecule is CN(c1ccnc(N2CCOCC2)n1)C1CCCN(c2ccccn2)C1. The van der Waals surface area contributed by atoms with Crippen molar-refractivity contribution in [3.8, 4) is 0 Å². The van der Waals surface area contributed by atoms with Gasteiger partial charge in [0, 0.05) is 51.7 Å². The molecule has 0 saturated carbocycles. The Balaban J connectivity index is 1.47. The Morgan fingerprint density at radius 2 is 1.92 bits per heavy atom. The van der Waals surface area contributed by atoms with E-state index in [9.17, 15) is 0 Å². The van der Waals surface area contributed by atoms with Crippen LogP contribution in [0.25, 0.3) is 0 Å². The lowest BCUT2D eigenvalue weighted by atomic mass is 10.0. The van der Waals surface area contributed by atoms with Crippen molar-refractivity contribution in [2.45, 2.75) is 18.9 Å². The summed E-state index contributed by atoms with van der Waals surface area (Å²) in [6, 6.07) is 8.52. The van der Waals surface area contributed by atoms with E-state index >= 15 is 0 Å². The summed E-state index contributed by atoms with van der Waals surface area (Å²) in [6.45, 7) is 5.21. The monoisotopic (exact) mass is 354 g/mol. The van der Waals surface area contributed by atoms with Crippen LogP contribution in [0, 0.1) is 0 Å². The van der Waals surface area contributed by atoms with Gasteiger partial charge in [0.1, 0.15) is 11.6 Å². The summed E-state index contributed by atoms with van der Waals surface area (Å²) in [4.78, 5) is 20.7. The Labute approximate surface area is 154 Å². The molecule has 2 saturated heterocycles. The molecule has 0 aromatic carbocycles.